The molecule has 5 atom stereocenters. The summed E-state index contributed by atoms with van der Waals surface area (Å²) < 4.78 is 6.21. The first-order valence-corrected chi connectivity index (χ1v) is 8.48. The molecule has 3 nitrogen and oxygen atoms in total. The fraction of sp³-hybridized carbons (Fsp3) is 0.944. The van der Waals surface area contributed by atoms with Gasteiger partial charge in [0.1, 0.15) is 0 Å². The number of hydrogen-bond acceptors (Lipinski definition) is 2. The second-order valence-corrected chi connectivity index (χ2v) is 9.34. The molecule has 1 saturated heterocycles. The Hall–Kier alpha value is -0.570. The molecule has 2 aliphatic carbocycles. The van der Waals surface area contributed by atoms with Crippen molar-refractivity contribution < 1.29 is 9.53 Å². The Labute approximate surface area is 129 Å². The average molecular weight is 293 g/mol. The molecule has 1 heterocycles. The highest BCUT2D eigenvalue weighted by Crippen LogP contribution is 2.69. The molecule has 3 fully saturated rings. The number of fused-ring (bicyclic) bond motifs is 1. The summed E-state index contributed by atoms with van der Waals surface area (Å²) in [7, 11) is 0. The van der Waals surface area contributed by atoms with Crippen LogP contribution in [-0.2, 0) is 9.53 Å². The molecule has 0 radical (unpaired) electrons. The van der Waals surface area contributed by atoms with Gasteiger partial charge in [0, 0.05) is 19.6 Å². The second kappa shape index (κ2) is 4.47. The van der Waals surface area contributed by atoms with Crippen molar-refractivity contribution in [1.29, 1.82) is 0 Å². The zero-order chi connectivity index (χ0) is 15.6. The Morgan fingerprint density at radius 2 is 1.95 bits per heavy atom. The number of hydrogen-bond donors (Lipinski definition) is 1. The van der Waals surface area contributed by atoms with Crippen molar-refractivity contribution in [1.82, 2.24) is 5.32 Å². The minimum atomic E-state index is 0.118. The number of carbonyl (C=O) groups excluding carboxylic acids is 1. The molecule has 3 heteroatoms. The quantitative estimate of drug-likeness (QED) is 0.805. The lowest BCUT2D eigenvalue weighted by molar-refractivity contribution is -0.159. The van der Waals surface area contributed by atoms with Crippen LogP contribution in [0.1, 0.15) is 60.8 Å². The maximum atomic E-state index is 11.8. The van der Waals surface area contributed by atoms with E-state index in [4.69, 9.17) is 4.74 Å². The number of carbonyl (C=O) groups is 1. The highest BCUT2D eigenvalue weighted by Gasteiger charge is 2.69. The molecular weight excluding hydrogens is 262 g/mol. The molecule has 0 aromatic rings. The van der Waals surface area contributed by atoms with Crippen LogP contribution in [0.5, 0.6) is 0 Å². The van der Waals surface area contributed by atoms with E-state index in [1.807, 2.05) is 0 Å². The highest BCUT2D eigenvalue weighted by atomic mass is 16.5. The van der Waals surface area contributed by atoms with Crippen molar-refractivity contribution in [2.75, 3.05) is 6.61 Å². The molecule has 0 aromatic carbocycles. The van der Waals surface area contributed by atoms with Gasteiger partial charge in [0.15, 0.2) is 0 Å². The minimum Gasteiger partial charge on any atom is -0.377 e. The van der Waals surface area contributed by atoms with E-state index in [1.54, 1.807) is 6.92 Å². The normalized spacial score (nSPS) is 44.5. The van der Waals surface area contributed by atoms with Crippen LogP contribution in [0.4, 0.5) is 0 Å². The summed E-state index contributed by atoms with van der Waals surface area (Å²) in [6.07, 6.45) is 3.97. The molecule has 2 saturated carbocycles. The summed E-state index contributed by atoms with van der Waals surface area (Å²) >= 11 is 0. The van der Waals surface area contributed by atoms with Gasteiger partial charge in [-0.2, -0.15) is 0 Å². The van der Waals surface area contributed by atoms with Crippen molar-refractivity contribution in [3.05, 3.63) is 0 Å². The number of rotatable bonds is 1. The Morgan fingerprint density at radius 3 is 2.52 bits per heavy atom. The summed E-state index contributed by atoms with van der Waals surface area (Å²) in [5.41, 5.74) is 0.644. The molecular formula is C18H31NO2. The first-order chi connectivity index (χ1) is 9.59. The molecule has 2 bridgehead atoms. The van der Waals surface area contributed by atoms with Crippen molar-refractivity contribution in [2.24, 2.45) is 28.1 Å². The molecule has 1 aliphatic heterocycles. The van der Waals surface area contributed by atoms with Gasteiger partial charge in [-0.05, 0) is 47.3 Å². The van der Waals surface area contributed by atoms with Gasteiger partial charge in [-0.1, -0.05) is 34.6 Å². The SMILES string of the molecule is CC(=O)N[C@H]1C(C)(C)[C@@H]2C[C@@H]3[C@@H](C(C)(C)C)OCC[C@@]31C2. The molecule has 1 spiro atoms. The van der Waals surface area contributed by atoms with Gasteiger partial charge in [0.05, 0.1) is 6.10 Å². The predicted octanol–water partition coefficient (Wildman–Crippen LogP) is 3.38. The maximum absolute atomic E-state index is 11.8. The summed E-state index contributed by atoms with van der Waals surface area (Å²) in [4.78, 5) is 11.8. The summed E-state index contributed by atoms with van der Waals surface area (Å²) in [5.74, 6) is 1.43. The van der Waals surface area contributed by atoms with Gasteiger partial charge in [-0.3, -0.25) is 4.79 Å². The van der Waals surface area contributed by atoms with Crippen molar-refractivity contribution in [2.45, 2.75) is 73.0 Å². The summed E-state index contributed by atoms with van der Waals surface area (Å²) in [6.45, 7) is 14.1. The molecule has 3 rings (SSSR count). The van der Waals surface area contributed by atoms with Crippen LogP contribution in [-0.4, -0.2) is 24.7 Å². The largest absolute Gasteiger partial charge is 0.377 e. The van der Waals surface area contributed by atoms with Crippen molar-refractivity contribution in [3.63, 3.8) is 0 Å². The van der Waals surface area contributed by atoms with E-state index in [0.29, 0.717) is 24.0 Å². The maximum Gasteiger partial charge on any atom is 0.217 e. The van der Waals surface area contributed by atoms with Gasteiger partial charge < -0.3 is 10.1 Å². The Morgan fingerprint density at radius 1 is 1.29 bits per heavy atom. The molecule has 0 aromatic heterocycles. The van der Waals surface area contributed by atoms with E-state index in [2.05, 4.69) is 39.9 Å². The van der Waals surface area contributed by atoms with Crippen LogP contribution in [0, 0.1) is 28.1 Å². The highest BCUT2D eigenvalue weighted by molar-refractivity contribution is 5.73. The number of ether oxygens (including phenoxy) is 1. The fourth-order valence-electron chi connectivity index (χ4n) is 5.85. The van der Waals surface area contributed by atoms with Crippen molar-refractivity contribution in [3.8, 4) is 0 Å². The second-order valence-electron chi connectivity index (χ2n) is 9.34. The molecule has 0 unspecified atom stereocenters. The Balaban J connectivity index is 1.98. The Bertz CT molecular complexity index is 451. The zero-order valence-corrected chi connectivity index (χ0v) is 14.5. The third kappa shape index (κ3) is 2.07. The zero-order valence-electron chi connectivity index (χ0n) is 14.5. The van der Waals surface area contributed by atoms with Crippen LogP contribution in [0.2, 0.25) is 0 Å². The fourth-order valence-corrected chi connectivity index (χ4v) is 5.85. The lowest BCUT2D eigenvalue weighted by Crippen LogP contribution is -2.61. The van der Waals surface area contributed by atoms with Crippen LogP contribution >= 0.6 is 0 Å². The minimum absolute atomic E-state index is 0.118. The number of nitrogens with one attached hydrogen (secondary N) is 1. The third-order valence-electron chi connectivity index (χ3n) is 6.71. The van der Waals surface area contributed by atoms with Crippen LogP contribution in [0.15, 0.2) is 0 Å². The van der Waals surface area contributed by atoms with E-state index in [-0.39, 0.29) is 22.2 Å². The van der Waals surface area contributed by atoms with Gasteiger partial charge in [-0.15, -0.1) is 0 Å². The third-order valence-corrected chi connectivity index (χ3v) is 6.71. The lowest BCUT2D eigenvalue weighted by atomic mass is 9.57. The summed E-state index contributed by atoms with van der Waals surface area (Å²) in [6, 6.07) is 0.306. The topological polar surface area (TPSA) is 38.3 Å². The van der Waals surface area contributed by atoms with E-state index in [0.717, 1.165) is 13.0 Å². The van der Waals surface area contributed by atoms with Gasteiger partial charge >= 0.3 is 0 Å². The van der Waals surface area contributed by atoms with Gasteiger partial charge in [0.25, 0.3) is 0 Å². The smallest absolute Gasteiger partial charge is 0.217 e. The van der Waals surface area contributed by atoms with E-state index >= 15 is 0 Å². The van der Waals surface area contributed by atoms with Crippen LogP contribution in [0.3, 0.4) is 0 Å². The summed E-state index contributed by atoms with van der Waals surface area (Å²) in [5, 5.41) is 3.33. The molecule has 21 heavy (non-hydrogen) atoms. The molecule has 120 valence electrons. The first kappa shape index (κ1) is 15.3. The van der Waals surface area contributed by atoms with E-state index < -0.39 is 0 Å². The molecule has 1 amide bonds. The van der Waals surface area contributed by atoms with Crippen LogP contribution < -0.4 is 5.32 Å². The Kier molecular flexibility index (Phi) is 3.26. The molecule has 1 N–H and O–H groups in total. The first-order valence-electron chi connectivity index (χ1n) is 8.48. The number of amides is 1. The van der Waals surface area contributed by atoms with E-state index in [1.165, 1.54) is 12.8 Å². The lowest BCUT2D eigenvalue weighted by Gasteiger charge is -2.55. The van der Waals surface area contributed by atoms with Crippen molar-refractivity contribution >= 4 is 5.91 Å². The molecule has 3 aliphatic rings. The monoisotopic (exact) mass is 293 g/mol. The average Bonchev–Trinajstić information content (AvgIpc) is 2.81. The van der Waals surface area contributed by atoms with E-state index in [9.17, 15) is 4.79 Å². The van der Waals surface area contributed by atoms with Gasteiger partial charge in [-0.25, -0.2) is 0 Å². The standard InChI is InChI=1S/C18H31NO2/c1-11(20)19-15-17(5,6)12-9-13-14(16(2,3)4)21-8-7-18(13,15)10-12/h12-15H,7-10H2,1-6H3,(H,19,20)/t12-,13-,14+,15+,18-/m1/s1. The van der Waals surface area contributed by atoms with Gasteiger partial charge in [0.2, 0.25) is 5.91 Å². The van der Waals surface area contributed by atoms with Crippen LogP contribution in [0.25, 0.3) is 0 Å². The predicted molar refractivity (Wildman–Crippen MR) is 83.8 cm³/mol.